The summed E-state index contributed by atoms with van der Waals surface area (Å²) in [7, 11) is -4.02. The van der Waals surface area contributed by atoms with E-state index in [1.807, 2.05) is 6.26 Å². The lowest BCUT2D eigenvalue weighted by molar-refractivity contribution is -0.274. The zero-order valence-corrected chi connectivity index (χ0v) is 13.4. The Balaban J connectivity index is 2.27. The van der Waals surface area contributed by atoms with Gasteiger partial charge in [-0.15, -0.1) is 24.9 Å². The molecule has 0 spiro atoms. The molecule has 0 fully saturated rings. The number of thioether (sulfide) groups is 1. The predicted molar refractivity (Wildman–Crippen MR) is 82.2 cm³/mol. The van der Waals surface area contributed by atoms with Crippen LogP contribution < -0.4 is 9.46 Å². The van der Waals surface area contributed by atoms with Crippen LogP contribution in [0.4, 0.5) is 18.9 Å². The van der Waals surface area contributed by atoms with Gasteiger partial charge < -0.3 is 4.74 Å². The van der Waals surface area contributed by atoms with Gasteiger partial charge in [-0.25, -0.2) is 8.42 Å². The van der Waals surface area contributed by atoms with Crippen molar-refractivity contribution in [2.45, 2.75) is 16.2 Å². The number of hydrogen-bond acceptors (Lipinski definition) is 4. The highest BCUT2D eigenvalue weighted by molar-refractivity contribution is 7.98. The van der Waals surface area contributed by atoms with E-state index in [0.717, 1.165) is 17.0 Å². The smallest absolute Gasteiger partial charge is 0.406 e. The van der Waals surface area contributed by atoms with Gasteiger partial charge >= 0.3 is 6.36 Å². The third-order valence-electron chi connectivity index (χ3n) is 2.67. The molecule has 0 saturated carbocycles. The van der Waals surface area contributed by atoms with Crippen LogP contribution in [0.2, 0.25) is 0 Å². The minimum Gasteiger partial charge on any atom is -0.406 e. The molecule has 9 heteroatoms. The van der Waals surface area contributed by atoms with Gasteiger partial charge in [0.1, 0.15) is 5.75 Å². The second-order valence-corrected chi connectivity index (χ2v) is 6.92. The molecule has 0 atom stereocenters. The van der Waals surface area contributed by atoms with Crippen LogP contribution in [0, 0.1) is 0 Å². The molecule has 2 aromatic rings. The molecule has 23 heavy (non-hydrogen) atoms. The van der Waals surface area contributed by atoms with Crippen LogP contribution in [0.3, 0.4) is 0 Å². The van der Waals surface area contributed by atoms with E-state index in [1.165, 1.54) is 23.9 Å². The summed E-state index contributed by atoms with van der Waals surface area (Å²) in [4.78, 5) is 0.521. The fourth-order valence-electron chi connectivity index (χ4n) is 1.74. The van der Waals surface area contributed by atoms with Crippen molar-refractivity contribution < 1.29 is 26.3 Å². The lowest BCUT2D eigenvalue weighted by Crippen LogP contribution is -2.18. The third-order valence-corrected chi connectivity index (χ3v) is 4.78. The van der Waals surface area contributed by atoms with Crippen LogP contribution in [0.25, 0.3) is 0 Å². The molecule has 2 aromatic carbocycles. The van der Waals surface area contributed by atoms with Crippen molar-refractivity contribution in [3.63, 3.8) is 0 Å². The standard InChI is InChI=1S/C14H12F3NO3S2/c1-22-12-6-2-4-10(8-12)18-23(19,20)13-7-3-5-11(9-13)21-14(15,16)17/h2-9,18H,1H3. The Labute approximate surface area is 135 Å². The molecule has 0 saturated heterocycles. The molecule has 0 aromatic heterocycles. The highest BCUT2D eigenvalue weighted by atomic mass is 32.2. The monoisotopic (exact) mass is 363 g/mol. The number of sulfonamides is 1. The minimum atomic E-state index is -4.89. The van der Waals surface area contributed by atoms with E-state index < -0.39 is 22.1 Å². The molecule has 2 rings (SSSR count). The number of anilines is 1. The molecule has 0 aliphatic carbocycles. The average molecular weight is 363 g/mol. The van der Waals surface area contributed by atoms with Crippen molar-refractivity contribution in [2.75, 3.05) is 11.0 Å². The molecular weight excluding hydrogens is 351 g/mol. The maximum absolute atomic E-state index is 12.3. The van der Waals surface area contributed by atoms with Crippen LogP contribution in [0.15, 0.2) is 58.3 Å². The zero-order valence-electron chi connectivity index (χ0n) is 11.8. The van der Waals surface area contributed by atoms with Gasteiger partial charge in [-0.3, -0.25) is 4.72 Å². The molecule has 0 aliphatic rings. The Bertz CT molecular complexity index is 792. The molecule has 0 bridgehead atoms. The zero-order chi connectivity index (χ0) is 17.1. The van der Waals surface area contributed by atoms with Crippen molar-refractivity contribution in [1.82, 2.24) is 0 Å². The topological polar surface area (TPSA) is 55.4 Å². The van der Waals surface area contributed by atoms with E-state index >= 15 is 0 Å². The van der Waals surface area contributed by atoms with Gasteiger partial charge in [0.15, 0.2) is 0 Å². The van der Waals surface area contributed by atoms with Gasteiger partial charge in [0.2, 0.25) is 0 Å². The van der Waals surface area contributed by atoms with E-state index in [0.29, 0.717) is 5.69 Å². The largest absolute Gasteiger partial charge is 0.573 e. The van der Waals surface area contributed by atoms with Crippen LogP contribution in [0.1, 0.15) is 0 Å². The fourth-order valence-corrected chi connectivity index (χ4v) is 3.28. The first-order chi connectivity index (χ1) is 10.7. The van der Waals surface area contributed by atoms with Gasteiger partial charge in [-0.05, 0) is 36.6 Å². The molecule has 0 unspecified atom stereocenters. The highest BCUT2D eigenvalue weighted by Crippen LogP contribution is 2.26. The van der Waals surface area contributed by atoms with Gasteiger partial charge in [0, 0.05) is 16.6 Å². The number of ether oxygens (including phenoxy) is 1. The summed E-state index contributed by atoms with van der Waals surface area (Å²) in [6, 6.07) is 10.9. The molecule has 0 heterocycles. The second kappa shape index (κ2) is 6.71. The second-order valence-electron chi connectivity index (χ2n) is 4.36. The number of hydrogen-bond donors (Lipinski definition) is 1. The first-order valence-corrected chi connectivity index (χ1v) is 8.93. The normalized spacial score (nSPS) is 12.0. The van der Waals surface area contributed by atoms with Gasteiger partial charge in [-0.2, -0.15) is 0 Å². The van der Waals surface area contributed by atoms with E-state index in [2.05, 4.69) is 9.46 Å². The quantitative estimate of drug-likeness (QED) is 0.813. The van der Waals surface area contributed by atoms with Crippen LogP contribution in [-0.2, 0) is 10.0 Å². The van der Waals surface area contributed by atoms with E-state index in [4.69, 9.17) is 0 Å². The average Bonchev–Trinajstić information content (AvgIpc) is 2.45. The number of nitrogens with one attached hydrogen (secondary N) is 1. The lowest BCUT2D eigenvalue weighted by atomic mass is 10.3. The molecule has 1 N–H and O–H groups in total. The number of rotatable bonds is 5. The Morgan fingerprint density at radius 2 is 1.78 bits per heavy atom. The van der Waals surface area contributed by atoms with Gasteiger partial charge in [-0.1, -0.05) is 12.1 Å². The third kappa shape index (κ3) is 5.07. The first kappa shape index (κ1) is 17.5. The Morgan fingerprint density at radius 3 is 2.43 bits per heavy atom. The van der Waals surface area contributed by atoms with E-state index in [9.17, 15) is 21.6 Å². The van der Waals surface area contributed by atoms with Crippen molar-refractivity contribution in [1.29, 1.82) is 0 Å². The van der Waals surface area contributed by atoms with Crippen molar-refractivity contribution in [3.05, 3.63) is 48.5 Å². The Kier molecular flexibility index (Phi) is 5.10. The molecule has 124 valence electrons. The highest BCUT2D eigenvalue weighted by Gasteiger charge is 2.31. The number of benzene rings is 2. The van der Waals surface area contributed by atoms with Gasteiger partial charge in [0.25, 0.3) is 10.0 Å². The Morgan fingerprint density at radius 1 is 1.09 bits per heavy atom. The number of halogens is 3. The number of alkyl halides is 3. The fraction of sp³-hybridized carbons (Fsp3) is 0.143. The molecule has 0 aliphatic heterocycles. The summed E-state index contributed by atoms with van der Waals surface area (Å²) in [5, 5.41) is 0. The summed E-state index contributed by atoms with van der Waals surface area (Å²) in [5.74, 6) is -0.599. The van der Waals surface area contributed by atoms with Crippen molar-refractivity contribution in [2.24, 2.45) is 0 Å². The summed E-state index contributed by atoms with van der Waals surface area (Å²) < 4.78 is 67.2. The Hall–Kier alpha value is -1.87. The predicted octanol–water partition coefficient (Wildman–Crippen LogP) is 4.11. The minimum absolute atomic E-state index is 0.319. The van der Waals surface area contributed by atoms with E-state index in [-0.39, 0.29) is 4.90 Å². The van der Waals surface area contributed by atoms with Crippen LogP contribution in [-0.4, -0.2) is 21.0 Å². The molecule has 0 radical (unpaired) electrons. The summed E-state index contributed by atoms with van der Waals surface area (Å²) in [6.07, 6.45) is -3.05. The van der Waals surface area contributed by atoms with Crippen LogP contribution in [0.5, 0.6) is 5.75 Å². The summed E-state index contributed by atoms with van der Waals surface area (Å²) in [5.41, 5.74) is 0.319. The lowest BCUT2D eigenvalue weighted by Gasteiger charge is -2.12. The maximum Gasteiger partial charge on any atom is 0.573 e. The summed E-state index contributed by atoms with van der Waals surface area (Å²) >= 11 is 1.43. The van der Waals surface area contributed by atoms with Crippen LogP contribution >= 0.6 is 11.8 Å². The molecule has 0 amide bonds. The van der Waals surface area contributed by atoms with Gasteiger partial charge in [0.05, 0.1) is 4.90 Å². The van der Waals surface area contributed by atoms with Crippen molar-refractivity contribution >= 4 is 27.5 Å². The van der Waals surface area contributed by atoms with E-state index in [1.54, 1.807) is 24.3 Å². The first-order valence-electron chi connectivity index (χ1n) is 6.22. The molecule has 4 nitrogen and oxygen atoms in total. The maximum atomic E-state index is 12.3. The SMILES string of the molecule is CSc1cccc(NS(=O)(=O)c2cccc(OC(F)(F)F)c2)c1. The molecular formula is C14H12F3NO3S2. The summed E-state index contributed by atoms with van der Waals surface area (Å²) in [6.45, 7) is 0. The van der Waals surface area contributed by atoms with Crippen molar-refractivity contribution in [3.8, 4) is 5.75 Å².